The molecule has 0 bridgehead atoms. The Morgan fingerprint density at radius 1 is 0.600 bits per heavy atom. The van der Waals surface area contributed by atoms with Crippen molar-refractivity contribution in [1.82, 2.24) is 0 Å². The molecule has 0 amide bonds. The van der Waals surface area contributed by atoms with Gasteiger partial charge in [0, 0.05) is 25.9 Å². The molecule has 0 aromatic carbocycles. The first-order chi connectivity index (χ1) is 14.7. The first-order valence-electron chi connectivity index (χ1n) is 13.2. The fourth-order valence-corrected chi connectivity index (χ4v) is 8.08. The molecule has 0 fully saturated rings. The molecule has 0 radical (unpaired) electrons. The standard InChI is InChI=1S/C25H54O3SSi/c1-6-11-13-15-16-18-21-25(20-17-14-12-7-2)24-29-22-19-23-30(26-8-3,27-9-4)28-10-5/h25H,6-24H2,1-5H3. The highest BCUT2D eigenvalue weighted by atomic mass is 32.2. The van der Waals surface area contributed by atoms with Crippen LogP contribution in [-0.4, -0.2) is 40.1 Å². The van der Waals surface area contributed by atoms with Crippen LogP contribution in [0, 0.1) is 5.92 Å². The van der Waals surface area contributed by atoms with Gasteiger partial charge in [-0.05, 0) is 57.5 Å². The monoisotopic (exact) mass is 462 g/mol. The molecule has 0 N–H and O–H groups in total. The van der Waals surface area contributed by atoms with Crippen LogP contribution in [0.4, 0.5) is 0 Å². The first kappa shape index (κ1) is 30.4. The quantitative estimate of drug-likeness (QED) is 0.106. The average Bonchev–Trinajstić information content (AvgIpc) is 2.73. The van der Waals surface area contributed by atoms with E-state index in [2.05, 4.69) is 25.6 Å². The van der Waals surface area contributed by atoms with Crippen LogP contribution in [0.2, 0.25) is 6.04 Å². The molecule has 0 rings (SSSR count). The van der Waals surface area contributed by atoms with E-state index >= 15 is 0 Å². The molecule has 0 spiro atoms. The second-order valence-corrected chi connectivity index (χ2v) is 12.3. The Bertz CT molecular complexity index is 327. The summed E-state index contributed by atoms with van der Waals surface area (Å²) in [5.74, 6) is 3.43. The summed E-state index contributed by atoms with van der Waals surface area (Å²) in [6, 6.07) is 0.952. The van der Waals surface area contributed by atoms with Crippen molar-refractivity contribution in [3.63, 3.8) is 0 Å². The van der Waals surface area contributed by atoms with E-state index in [0.717, 1.165) is 18.4 Å². The highest BCUT2D eigenvalue weighted by Gasteiger charge is 2.39. The van der Waals surface area contributed by atoms with Crippen molar-refractivity contribution in [3.8, 4) is 0 Å². The second kappa shape index (κ2) is 22.6. The van der Waals surface area contributed by atoms with Gasteiger partial charge in [0.15, 0.2) is 0 Å². The molecular formula is C25H54O3SSi. The second-order valence-electron chi connectivity index (χ2n) is 8.43. The lowest BCUT2D eigenvalue weighted by Crippen LogP contribution is -2.46. The van der Waals surface area contributed by atoms with Crippen LogP contribution in [0.3, 0.4) is 0 Å². The molecule has 3 nitrogen and oxygen atoms in total. The Hall–Kier alpha value is 0.447. The van der Waals surface area contributed by atoms with Crippen LogP contribution in [-0.2, 0) is 13.3 Å². The Morgan fingerprint density at radius 3 is 1.57 bits per heavy atom. The van der Waals surface area contributed by atoms with E-state index in [1.54, 1.807) is 0 Å². The zero-order valence-electron chi connectivity index (χ0n) is 21.1. The van der Waals surface area contributed by atoms with Crippen molar-refractivity contribution in [1.29, 1.82) is 0 Å². The third-order valence-corrected chi connectivity index (χ3v) is 10.1. The molecule has 1 unspecified atom stereocenters. The predicted molar refractivity (Wildman–Crippen MR) is 138 cm³/mol. The molecule has 0 aromatic heterocycles. The highest BCUT2D eigenvalue weighted by molar-refractivity contribution is 7.99. The molecular weight excluding hydrogens is 408 g/mol. The van der Waals surface area contributed by atoms with Gasteiger partial charge in [0.25, 0.3) is 0 Å². The maximum absolute atomic E-state index is 5.99. The van der Waals surface area contributed by atoms with Gasteiger partial charge in [-0.25, -0.2) is 0 Å². The lowest BCUT2D eigenvalue weighted by atomic mass is 9.96. The summed E-state index contributed by atoms with van der Waals surface area (Å²) >= 11 is 2.15. The van der Waals surface area contributed by atoms with Crippen LogP contribution < -0.4 is 0 Å². The fourth-order valence-electron chi connectivity index (χ4n) is 4.03. The van der Waals surface area contributed by atoms with E-state index in [9.17, 15) is 0 Å². The van der Waals surface area contributed by atoms with E-state index in [1.807, 2.05) is 20.8 Å². The van der Waals surface area contributed by atoms with Gasteiger partial charge in [0.1, 0.15) is 0 Å². The summed E-state index contributed by atoms with van der Waals surface area (Å²) in [5.41, 5.74) is 0. The number of rotatable bonds is 24. The molecule has 0 saturated heterocycles. The summed E-state index contributed by atoms with van der Waals surface area (Å²) in [4.78, 5) is 0. The van der Waals surface area contributed by atoms with Crippen LogP contribution in [0.5, 0.6) is 0 Å². The van der Waals surface area contributed by atoms with Gasteiger partial charge in [-0.3, -0.25) is 0 Å². The summed E-state index contributed by atoms with van der Waals surface area (Å²) in [5, 5.41) is 0. The maximum atomic E-state index is 5.99. The van der Waals surface area contributed by atoms with Crippen molar-refractivity contribution >= 4 is 20.6 Å². The normalized spacial score (nSPS) is 13.1. The number of thioether (sulfide) groups is 1. The summed E-state index contributed by atoms with van der Waals surface area (Å²) in [6.45, 7) is 12.8. The zero-order chi connectivity index (χ0) is 22.3. The van der Waals surface area contributed by atoms with Gasteiger partial charge >= 0.3 is 8.80 Å². The summed E-state index contributed by atoms with van der Waals surface area (Å²) in [6.07, 6.45) is 18.0. The zero-order valence-corrected chi connectivity index (χ0v) is 23.0. The minimum atomic E-state index is -2.45. The SMILES string of the molecule is CCCCCCCCC(CCCCCC)CSCCC[Si](OCC)(OCC)OCC. The van der Waals surface area contributed by atoms with Gasteiger partial charge in [-0.2, -0.15) is 11.8 Å². The third-order valence-electron chi connectivity index (χ3n) is 5.65. The van der Waals surface area contributed by atoms with E-state index in [1.165, 1.54) is 88.6 Å². The smallest absolute Gasteiger partial charge is 0.374 e. The number of unbranched alkanes of at least 4 members (excludes halogenated alkanes) is 8. The Balaban J connectivity index is 4.24. The topological polar surface area (TPSA) is 27.7 Å². The number of hydrogen-bond acceptors (Lipinski definition) is 4. The van der Waals surface area contributed by atoms with Crippen LogP contribution in [0.15, 0.2) is 0 Å². The average molecular weight is 463 g/mol. The van der Waals surface area contributed by atoms with Crippen molar-refractivity contribution in [2.75, 3.05) is 31.3 Å². The molecule has 0 saturated carbocycles. The lowest BCUT2D eigenvalue weighted by Gasteiger charge is -2.28. The molecule has 5 heteroatoms. The Morgan fingerprint density at radius 2 is 1.07 bits per heavy atom. The minimum absolute atomic E-state index is 0.678. The highest BCUT2D eigenvalue weighted by Crippen LogP contribution is 2.25. The first-order valence-corrected chi connectivity index (χ1v) is 16.3. The fraction of sp³-hybridized carbons (Fsp3) is 1.00. The third kappa shape index (κ3) is 17.1. The van der Waals surface area contributed by atoms with E-state index < -0.39 is 8.80 Å². The van der Waals surface area contributed by atoms with Gasteiger partial charge in [0.2, 0.25) is 0 Å². The molecule has 182 valence electrons. The molecule has 1 atom stereocenters. The van der Waals surface area contributed by atoms with Gasteiger partial charge in [-0.15, -0.1) is 0 Å². The number of hydrogen-bond donors (Lipinski definition) is 0. The van der Waals surface area contributed by atoms with Crippen LogP contribution >= 0.6 is 11.8 Å². The Kier molecular flexibility index (Phi) is 23.0. The van der Waals surface area contributed by atoms with Crippen molar-refractivity contribution in [3.05, 3.63) is 0 Å². The molecule has 30 heavy (non-hydrogen) atoms. The maximum Gasteiger partial charge on any atom is 0.500 e. The predicted octanol–water partition coefficient (Wildman–Crippen LogP) is 8.50. The van der Waals surface area contributed by atoms with E-state index in [-0.39, 0.29) is 0 Å². The molecule has 0 aromatic rings. The molecule has 0 aliphatic rings. The Labute approximate surface area is 195 Å². The minimum Gasteiger partial charge on any atom is -0.374 e. The van der Waals surface area contributed by atoms with E-state index in [4.69, 9.17) is 13.3 Å². The van der Waals surface area contributed by atoms with Gasteiger partial charge in [-0.1, -0.05) is 78.1 Å². The van der Waals surface area contributed by atoms with Gasteiger partial charge < -0.3 is 13.3 Å². The van der Waals surface area contributed by atoms with E-state index in [0.29, 0.717) is 19.8 Å². The molecule has 0 heterocycles. The van der Waals surface area contributed by atoms with Crippen molar-refractivity contribution in [2.45, 2.75) is 124 Å². The summed E-state index contributed by atoms with van der Waals surface area (Å²) in [7, 11) is -2.45. The van der Waals surface area contributed by atoms with Crippen molar-refractivity contribution < 1.29 is 13.3 Å². The molecule has 0 aliphatic carbocycles. The lowest BCUT2D eigenvalue weighted by molar-refractivity contribution is 0.0712. The van der Waals surface area contributed by atoms with Gasteiger partial charge in [0.05, 0.1) is 0 Å². The largest absolute Gasteiger partial charge is 0.500 e. The van der Waals surface area contributed by atoms with Crippen LogP contribution in [0.25, 0.3) is 0 Å². The van der Waals surface area contributed by atoms with Crippen LogP contribution in [0.1, 0.15) is 118 Å². The molecule has 0 aliphatic heterocycles. The summed E-state index contributed by atoms with van der Waals surface area (Å²) < 4.78 is 18.0. The van der Waals surface area contributed by atoms with Crippen molar-refractivity contribution in [2.24, 2.45) is 5.92 Å².